The molecule has 1 aromatic heterocycles. The second-order valence-corrected chi connectivity index (χ2v) is 7.10. The number of thioether (sulfide) groups is 1. The van der Waals surface area contributed by atoms with Gasteiger partial charge < -0.3 is 20.5 Å². The molecule has 6 nitrogen and oxygen atoms in total. The molecule has 2 aromatic rings. The third kappa shape index (κ3) is 5.07. The quantitative estimate of drug-likeness (QED) is 0.604. The number of aliphatic hydroxyl groups excluding tert-OH is 1. The summed E-state index contributed by atoms with van der Waals surface area (Å²) in [4.78, 5) is 11.2. The van der Waals surface area contributed by atoms with Crippen LogP contribution in [0.15, 0.2) is 35.5 Å². The zero-order valence-corrected chi connectivity index (χ0v) is 15.2. The molecule has 0 saturated carbocycles. The van der Waals surface area contributed by atoms with Gasteiger partial charge in [0.05, 0.1) is 12.7 Å². The van der Waals surface area contributed by atoms with Gasteiger partial charge in [-0.05, 0) is 18.9 Å². The summed E-state index contributed by atoms with van der Waals surface area (Å²) in [5.74, 6) is 2.10. The van der Waals surface area contributed by atoms with Crippen LogP contribution in [0.4, 0.5) is 11.6 Å². The summed E-state index contributed by atoms with van der Waals surface area (Å²) < 4.78 is 5.66. The van der Waals surface area contributed by atoms with Gasteiger partial charge in [-0.25, -0.2) is 9.97 Å². The van der Waals surface area contributed by atoms with Crippen LogP contribution in [-0.4, -0.2) is 47.5 Å². The van der Waals surface area contributed by atoms with E-state index in [4.69, 9.17) is 15.6 Å². The number of hydrogen-bond donors (Lipinski definition) is 2. The lowest BCUT2D eigenvalue weighted by Gasteiger charge is -2.33. The van der Waals surface area contributed by atoms with Crippen LogP contribution in [0.1, 0.15) is 17.5 Å². The van der Waals surface area contributed by atoms with Crippen molar-refractivity contribution in [2.24, 2.45) is 0 Å². The monoisotopic (exact) mass is 360 g/mol. The van der Waals surface area contributed by atoms with Gasteiger partial charge in [0, 0.05) is 31.5 Å². The van der Waals surface area contributed by atoms with Crippen LogP contribution in [0, 0.1) is 6.92 Å². The van der Waals surface area contributed by atoms with E-state index >= 15 is 0 Å². The Morgan fingerprint density at radius 3 is 2.88 bits per heavy atom. The fourth-order valence-electron chi connectivity index (χ4n) is 2.74. The summed E-state index contributed by atoms with van der Waals surface area (Å²) >= 11 is 1.58. The number of rotatable bonds is 6. The molecule has 0 unspecified atom stereocenters. The first-order valence-electron chi connectivity index (χ1n) is 8.44. The lowest BCUT2D eigenvalue weighted by Crippen LogP contribution is -2.43. The molecule has 0 radical (unpaired) electrons. The summed E-state index contributed by atoms with van der Waals surface area (Å²) in [7, 11) is 0. The van der Waals surface area contributed by atoms with E-state index in [2.05, 4.69) is 46.1 Å². The summed E-state index contributed by atoms with van der Waals surface area (Å²) in [5.41, 5.74) is 8.47. The average Bonchev–Trinajstić information content (AvgIpc) is 2.61. The van der Waals surface area contributed by atoms with Crippen LogP contribution >= 0.6 is 11.8 Å². The van der Waals surface area contributed by atoms with Crippen LogP contribution in [0.3, 0.4) is 0 Å². The highest BCUT2D eigenvalue weighted by molar-refractivity contribution is 7.98. The number of aryl methyl sites for hydroxylation is 1. The van der Waals surface area contributed by atoms with Gasteiger partial charge in [0.1, 0.15) is 11.6 Å². The van der Waals surface area contributed by atoms with Crippen molar-refractivity contribution < 1.29 is 9.84 Å². The third-order valence-corrected chi connectivity index (χ3v) is 5.03. The number of hydrogen-bond acceptors (Lipinski definition) is 7. The summed E-state index contributed by atoms with van der Waals surface area (Å²) in [6, 6.07) is 10.3. The minimum absolute atomic E-state index is 0.0265. The van der Waals surface area contributed by atoms with Crippen molar-refractivity contribution in [1.29, 1.82) is 0 Å². The Kier molecular flexibility index (Phi) is 6.12. The normalized spacial score (nSPS) is 17.7. The summed E-state index contributed by atoms with van der Waals surface area (Å²) in [6.45, 7) is 4.30. The molecule has 1 atom stereocenters. The maximum Gasteiger partial charge on any atom is 0.191 e. The number of aliphatic hydroxyl groups is 1. The maximum absolute atomic E-state index is 9.11. The molecule has 1 fully saturated rings. The SMILES string of the molecule is Cc1ccc(CSc2nc(N)cc(N3CCO[C@@H](CCO)C3)n2)cc1. The highest BCUT2D eigenvalue weighted by Crippen LogP contribution is 2.25. The van der Waals surface area contributed by atoms with Gasteiger partial charge in [0.25, 0.3) is 0 Å². The Bertz CT molecular complexity index is 694. The Morgan fingerprint density at radius 1 is 1.32 bits per heavy atom. The molecule has 7 heteroatoms. The fourth-order valence-corrected chi connectivity index (χ4v) is 3.55. The van der Waals surface area contributed by atoms with Crippen molar-refractivity contribution in [1.82, 2.24) is 9.97 Å². The lowest BCUT2D eigenvalue weighted by molar-refractivity contribution is 0.0244. The first kappa shape index (κ1) is 18.0. The molecule has 0 aliphatic carbocycles. The molecule has 25 heavy (non-hydrogen) atoms. The molecule has 3 N–H and O–H groups in total. The Morgan fingerprint density at radius 2 is 2.12 bits per heavy atom. The first-order valence-corrected chi connectivity index (χ1v) is 9.43. The van der Waals surface area contributed by atoms with Gasteiger partial charge in [-0.15, -0.1) is 0 Å². The topological polar surface area (TPSA) is 84.5 Å². The van der Waals surface area contributed by atoms with E-state index in [0.717, 1.165) is 18.1 Å². The van der Waals surface area contributed by atoms with Crippen LogP contribution in [0.25, 0.3) is 0 Å². The fraction of sp³-hybridized carbons (Fsp3) is 0.444. The van der Waals surface area contributed by atoms with E-state index < -0.39 is 0 Å². The minimum atomic E-state index is 0.0265. The molecule has 1 aromatic carbocycles. The van der Waals surface area contributed by atoms with E-state index in [1.807, 2.05) is 0 Å². The molecule has 0 spiro atoms. The average molecular weight is 360 g/mol. The molecule has 1 saturated heterocycles. The standard InChI is InChI=1S/C18H24N4O2S/c1-13-2-4-14(5-3-13)12-25-18-20-16(19)10-17(21-18)22-7-9-24-15(11-22)6-8-23/h2-5,10,15,23H,6-9,11-12H2,1H3,(H2,19,20,21)/t15-/m0/s1. The predicted molar refractivity (Wildman–Crippen MR) is 101 cm³/mol. The van der Waals surface area contributed by atoms with Crippen LogP contribution in [-0.2, 0) is 10.5 Å². The van der Waals surface area contributed by atoms with Crippen LogP contribution in [0.5, 0.6) is 0 Å². The minimum Gasteiger partial charge on any atom is -0.396 e. The maximum atomic E-state index is 9.11. The highest BCUT2D eigenvalue weighted by atomic mass is 32.2. The van der Waals surface area contributed by atoms with Crippen LogP contribution < -0.4 is 10.6 Å². The lowest BCUT2D eigenvalue weighted by atomic mass is 10.2. The third-order valence-electron chi connectivity index (χ3n) is 4.11. The molecule has 1 aliphatic heterocycles. The van der Waals surface area contributed by atoms with Crippen molar-refractivity contribution in [3.8, 4) is 0 Å². The predicted octanol–water partition coefficient (Wildman–Crippen LogP) is 2.25. The Hall–Kier alpha value is -1.83. The summed E-state index contributed by atoms with van der Waals surface area (Å²) in [5, 5.41) is 9.79. The molecule has 1 aliphatic rings. The van der Waals surface area contributed by atoms with Crippen molar-refractivity contribution >= 4 is 23.4 Å². The van der Waals surface area contributed by atoms with E-state index in [1.165, 1.54) is 11.1 Å². The van der Waals surface area contributed by atoms with E-state index in [9.17, 15) is 0 Å². The van der Waals surface area contributed by atoms with E-state index in [-0.39, 0.29) is 12.7 Å². The number of benzene rings is 1. The van der Waals surface area contributed by atoms with Crippen molar-refractivity contribution in [2.75, 3.05) is 36.9 Å². The molecule has 134 valence electrons. The molecular weight excluding hydrogens is 336 g/mol. The molecule has 2 heterocycles. The van der Waals surface area contributed by atoms with Gasteiger partial charge in [0.15, 0.2) is 5.16 Å². The second kappa shape index (κ2) is 8.51. The smallest absolute Gasteiger partial charge is 0.191 e. The number of nitrogens with zero attached hydrogens (tertiary/aromatic N) is 3. The molecular formula is C18H24N4O2S. The van der Waals surface area contributed by atoms with Gasteiger partial charge in [-0.3, -0.25) is 0 Å². The van der Waals surface area contributed by atoms with Crippen molar-refractivity contribution in [3.63, 3.8) is 0 Å². The number of morpholine rings is 1. The number of nitrogen functional groups attached to an aromatic ring is 1. The Labute approximate surface area is 152 Å². The van der Waals surface area contributed by atoms with Gasteiger partial charge in [-0.1, -0.05) is 41.6 Å². The molecule has 0 amide bonds. The van der Waals surface area contributed by atoms with Crippen molar-refractivity contribution in [3.05, 3.63) is 41.5 Å². The molecule has 0 bridgehead atoms. The zero-order valence-electron chi connectivity index (χ0n) is 14.4. The van der Waals surface area contributed by atoms with Gasteiger partial charge in [0.2, 0.25) is 0 Å². The van der Waals surface area contributed by atoms with E-state index in [1.54, 1.807) is 17.8 Å². The van der Waals surface area contributed by atoms with Crippen molar-refractivity contribution in [2.45, 2.75) is 30.4 Å². The number of ether oxygens (including phenoxy) is 1. The van der Waals surface area contributed by atoms with Gasteiger partial charge in [-0.2, -0.15) is 0 Å². The second-order valence-electron chi connectivity index (χ2n) is 6.16. The largest absolute Gasteiger partial charge is 0.396 e. The van der Waals surface area contributed by atoms with E-state index in [0.29, 0.717) is 30.5 Å². The highest BCUT2D eigenvalue weighted by Gasteiger charge is 2.22. The number of aromatic nitrogens is 2. The van der Waals surface area contributed by atoms with Gasteiger partial charge >= 0.3 is 0 Å². The Balaban J connectivity index is 1.68. The number of anilines is 2. The molecule has 3 rings (SSSR count). The zero-order chi connectivity index (χ0) is 17.6. The first-order chi connectivity index (χ1) is 12.1. The van der Waals surface area contributed by atoms with Crippen LogP contribution in [0.2, 0.25) is 0 Å². The summed E-state index contributed by atoms with van der Waals surface area (Å²) in [6.07, 6.45) is 0.658. The number of nitrogens with two attached hydrogens (primary N) is 1.